The Kier molecular flexibility index (Phi) is 49.2. The summed E-state index contributed by atoms with van der Waals surface area (Å²) in [6.07, 6.45) is 32.2. The highest BCUT2D eigenvalue weighted by Crippen LogP contribution is 2.18. The van der Waals surface area contributed by atoms with Crippen LogP contribution in [0.5, 0.6) is 0 Å². The first-order valence-electron chi connectivity index (χ1n) is 20.8. The van der Waals surface area contributed by atoms with Crippen molar-refractivity contribution >= 4 is 23.9 Å². The van der Waals surface area contributed by atoms with E-state index in [2.05, 4.69) is 27.7 Å². The molecule has 318 valence electrons. The monoisotopic (exact) mass is 771 g/mol. The van der Waals surface area contributed by atoms with E-state index >= 15 is 0 Å². The minimum atomic E-state index is -1.66. The number of carboxylic acids is 4. The van der Waals surface area contributed by atoms with Crippen molar-refractivity contribution in [2.45, 2.75) is 182 Å². The van der Waals surface area contributed by atoms with E-state index in [-0.39, 0.29) is 0 Å². The largest absolute Gasteiger partial charge is 0.478 e. The maximum Gasteiger partial charge on any atom is 0.336 e. The molecule has 12 heteroatoms. The maximum absolute atomic E-state index is 10.8. The van der Waals surface area contributed by atoms with Gasteiger partial charge in [0.05, 0.1) is 22.3 Å². The van der Waals surface area contributed by atoms with Gasteiger partial charge < -0.3 is 43.4 Å². The lowest BCUT2D eigenvalue weighted by Crippen LogP contribution is -2.15. The number of rotatable bonds is 28. The minimum absolute atomic E-state index is 0.511. The van der Waals surface area contributed by atoms with Crippen LogP contribution in [0.15, 0.2) is 12.1 Å². The van der Waals surface area contributed by atoms with Crippen LogP contribution in [0.4, 0.5) is 0 Å². The van der Waals surface area contributed by atoms with E-state index < -0.39 is 46.1 Å². The normalized spacial score (nSPS) is 9.93. The summed E-state index contributed by atoms with van der Waals surface area (Å²) < 4.78 is 0. The average molecular weight is 771 g/mol. The molecule has 0 bridgehead atoms. The summed E-state index contributed by atoms with van der Waals surface area (Å²) >= 11 is 0. The Labute approximate surface area is 328 Å². The van der Waals surface area contributed by atoms with E-state index in [4.69, 9.17) is 43.4 Å². The van der Waals surface area contributed by atoms with Crippen molar-refractivity contribution in [1.29, 1.82) is 0 Å². The zero-order valence-electron chi connectivity index (χ0n) is 34.7. The van der Waals surface area contributed by atoms with Gasteiger partial charge >= 0.3 is 23.9 Å². The molecule has 0 amide bonds. The molecule has 0 aliphatic heterocycles. The fourth-order valence-electron chi connectivity index (χ4n) is 5.01. The van der Waals surface area contributed by atoms with E-state index in [0.29, 0.717) is 12.1 Å². The second-order valence-electron chi connectivity index (χ2n) is 13.4. The van der Waals surface area contributed by atoms with Crippen LogP contribution in [0, 0.1) is 0 Å². The predicted octanol–water partition coefficient (Wildman–Crippen LogP) is 9.70. The second-order valence-corrected chi connectivity index (χ2v) is 13.4. The maximum atomic E-state index is 10.8. The Bertz CT molecular complexity index is 846. The lowest BCUT2D eigenvalue weighted by Gasteiger charge is -2.06. The van der Waals surface area contributed by atoms with Gasteiger partial charge in [0.1, 0.15) is 0 Å². The zero-order chi connectivity index (χ0) is 41.8. The molecule has 0 aliphatic rings. The highest BCUT2D eigenvalue weighted by Gasteiger charge is 2.25. The Balaban J connectivity index is -0.000000303. The van der Waals surface area contributed by atoms with Gasteiger partial charge in [-0.25, -0.2) is 19.2 Å². The van der Waals surface area contributed by atoms with Gasteiger partial charge in [-0.05, 0) is 64.0 Å². The number of unbranched alkanes of at least 4 members (excludes halogenated alkanes) is 20. The number of benzene rings is 1. The van der Waals surface area contributed by atoms with Crippen LogP contribution < -0.4 is 22.9 Å². The van der Waals surface area contributed by atoms with Gasteiger partial charge in [-0.3, -0.25) is 0 Å². The van der Waals surface area contributed by atoms with Gasteiger partial charge in [0.2, 0.25) is 0 Å². The number of carboxylic acid groups (broad SMARTS) is 4. The number of nitrogens with two attached hydrogens (primary N) is 4. The van der Waals surface area contributed by atoms with Gasteiger partial charge in [0.25, 0.3) is 0 Å². The summed E-state index contributed by atoms with van der Waals surface area (Å²) in [5.41, 5.74) is 18.2. The summed E-state index contributed by atoms with van der Waals surface area (Å²) in [6.45, 7) is 12.4. The number of aromatic carboxylic acids is 4. The summed E-state index contributed by atoms with van der Waals surface area (Å²) in [6, 6.07) is 1.02. The topological polar surface area (TPSA) is 253 Å². The molecular formula is C42H82N4O8. The number of hydrogen-bond donors (Lipinski definition) is 8. The van der Waals surface area contributed by atoms with Crippen LogP contribution >= 0.6 is 0 Å². The molecule has 1 rings (SSSR count). The van der Waals surface area contributed by atoms with Gasteiger partial charge in [-0.1, -0.05) is 156 Å². The van der Waals surface area contributed by atoms with Crippen molar-refractivity contribution in [3.8, 4) is 0 Å². The second kappa shape index (κ2) is 46.1. The Morgan fingerprint density at radius 1 is 0.333 bits per heavy atom. The van der Waals surface area contributed by atoms with Crippen LogP contribution in [0.25, 0.3) is 0 Å². The fraction of sp³-hybridized carbons (Fsp3) is 0.762. The molecular weight excluding hydrogens is 688 g/mol. The molecule has 12 nitrogen and oxygen atoms in total. The van der Waals surface area contributed by atoms with Crippen LogP contribution in [0.1, 0.15) is 223 Å². The quantitative estimate of drug-likeness (QED) is 0.0371. The molecule has 0 spiro atoms. The Morgan fingerprint density at radius 3 is 0.611 bits per heavy atom. The molecule has 0 heterocycles. The summed E-state index contributed by atoms with van der Waals surface area (Å²) in [5, 5.41) is 35.0. The summed E-state index contributed by atoms with van der Waals surface area (Å²) in [7, 11) is 0. The summed E-state index contributed by atoms with van der Waals surface area (Å²) in [5.74, 6) is -6.64. The Morgan fingerprint density at radius 2 is 0.481 bits per heavy atom. The van der Waals surface area contributed by atoms with Crippen molar-refractivity contribution in [3.05, 3.63) is 34.4 Å². The van der Waals surface area contributed by atoms with Crippen LogP contribution in [-0.2, 0) is 0 Å². The number of carbonyl (C=O) groups is 4. The predicted molar refractivity (Wildman–Crippen MR) is 224 cm³/mol. The molecule has 0 saturated heterocycles. The molecule has 12 N–H and O–H groups in total. The van der Waals surface area contributed by atoms with Crippen LogP contribution in [0.2, 0.25) is 0 Å². The minimum Gasteiger partial charge on any atom is -0.478 e. The highest BCUT2D eigenvalue weighted by molar-refractivity contribution is 6.09. The third-order valence-electron chi connectivity index (χ3n) is 8.31. The smallest absolute Gasteiger partial charge is 0.336 e. The highest BCUT2D eigenvalue weighted by atomic mass is 16.4. The standard InChI is InChI=1S/C10H6O8.4C8H19N/c11-7(12)3-1-4(8(13)14)6(10(17)18)2-5(3)9(15)16;4*1-2-3-4-5-6-7-8-9/h1-2H,(H,11,12)(H,13,14)(H,15,16)(H,17,18);4*2-9H2,1H3. The lowest BCUT2D eigenvalue weighted by atomic mass is 9.98. The molecule has 0 aliphatic carbocycles. The van der Waals surface area contributed by atoms with Crippen molar-refractivity contribution in [2.75, 3.05) is 26.2 Å². The molecule has 0 unspecified atom stereocenters. The van der Waals surface area contributed by atoms with E-state index in [1.165, 1.54) is 154 Å². The van der Waals surface area contributed by atoms with Crippen LogP contribution in [-0.4, -0.2) is 70.5 Å². The van der Waals surface area contributed by atoms with Gasteiger partial charge in [-0.2, -0.15) is 0 Å². The zero-order valence-corrected chi connectivity index (χ0v) is 34.7. The Hall–Kier alpha value is -3.06. The first-order valence-corrected chi connectivity index (χ1v) is 20.8. The fourth-order valence-corrected chi connectivity index (χ4v) is 5.01. The molecule has 1 aromatic rings. The first kappa shape index (κ1) is 57.7. The molecule has 0 saturated carbocycles. The van der Waals surface area contributed by atoms with Crippen molar-refractivity contribution in [3.63, 3.8) is 0 Å². The molecule has 0 atom stereocenters. The van der Waals surface area contributed by atoms with E-state index in [0.717, 1.165) is 26.2 Å². The van der Waals surface area contributed by atoms with Crippen molar-refractivity contribution in [2.24, 2.45) is 22.9 Å². The molecule has 0 aromatic heterocycles. The third-order valence-corrected chi connectivity index (χ3v) is 8.31. The van der Waals surface area contributed by atoms with Crippen molar-refractivity contribution in [1.82, 2.24) is 0 Å². The van der Waals surface area contributed by atoms with E-state index in [1.54, 1.807) is 0 Å². The molecule has 54 heavy (non-hydrogen) atoms. The van der Waals surface area contributed by atoms with Crippen LogP contribution in [0.3, 0.4) is 0 Å². The molecule has 0 radical (unpaired) electrons. The SMILES string of the molecule is CCCCCCCCN.CCCCCCCCN.CCCCCCCCN.CCCCCCCCN.O=C(O)c1cc(C(=O)O)c(C(=O)O)cc1C(=O)O. The first-order chi connectivity index (χ1) is 25.9. The average Bonchev–Trinajstić information content (AvgIpc) is 3.15. The van der Waals surface area contributed by atoms with Gasteiger partial charge in [0.15, 0.2) is 0 Å². The van der Waals surface area contributed by atoms with Gasteiger partial charge in [-0.15, -0.1) is 0 Å². The molecule has 0 fully saturated rings. The van der Waals surface area contributed by atoms with Crippen molar-refractivity contribution < 1.29 is 39.6 Å². The van der Waals surface area contributed by atoms with E-state index in [9.17, 15) is 19.2 Å². The lowest BCUT2D eigenvalue weighted by molar-refractivity contribution is 0.0637. The third kappa shape index (κ3) is 40.1. The molecule has 1 aromatic carbocycles. The number of hydrogen-bond acceptors (Lipinski definition) is 8. The van der Waals surface area contributed by atoms with Gasteiger partial charge in [0, 0.05) is 0 Å². The van der Waals surface area contributed by atoms with E-state index in [1.807, 2.05) is 0 Å². The summed E-state index contributed by atoms with van der Waals surface area (Å²) in [4.78, 5) is 43.1.